The molecule has 0 aromatic heterocycles. The monoisotopic (exact) mass is 429 g/mol. The number of rotatable bonds is 0. The van der Waals surface area contributed by atoms with E-state index in [4.69, 9.17) is 4.57 Å². The van der Waals surface area contributed by atoms with Gasteiger partial charge in [0, 0.05) is 0 Å². The molecule has 0 fully saturated rings. The van der Waals surface area contributed by atoms with Gasteiger partial charge in [-0.05, 0) is 0 Å². The Balaban J connectivity index is 0. The third kappa shape index (κ3) is 22.1. The van der Waals surface area contributed by atoms with E-state index in [0.717, 1.165) is 0 Å². The van der Waals surface area contributed by atoms with Gasteiger partial charge < -0.3 is 0 Å². The third-order valence-corrected chi connectivity index (χ3v) is 0. The zero-order valence-electron chi connectivity index (χ0n) is 2.02. The molecule has 0 heterocycles. The second-order valence-corrected chi connectivity index (χ2v) is 17.6. The number of hydrogen-bond donors (Lipinski definition) is 0. The van der Waals surface area contributed by atoms with E-state index < -0.39 is 0 Å². The smallest absolute Gasteiger partial charge is 0.261 e. The van der Waals surface area contributed by atoms with Crippen molar-refractivity contribution in [2.24, 2.45) is 0 Å². The molecule has 0 aromatic carbocycles. The molecule has 0 atom stereocenters. The summed E-state index contributed by atoms with van der Waals surface area (Å²) in [5.41, 5.74) is 0. The molecule has 5 heteroatoms. The Kier molecular flexibility index (Phi) is 33.5. The second-order valence-electron chi connectivity index (χ2n) is 0.0583. The van der Waals surface area contributed by atoms with Crippen molar-refractivity contribution in [2.45, 2.75) is 0 Å². The molecule has 0 amide bonds. The van der Waals surface area contributed by atoms with Gasteiger partial charge >= 0.3 is 50.5 Å². The fourth-order valence-corrected chi connectivity index (χ4v) is 0. The minimum Gasteiger partial charge on any atom is -0.261 e. The van der Waals surface area contributed by atoms with Gasteiger partial charge in [-0.2, -0.15) is 0 Å². The molecule has 1 nitrogen and oxygen atoms in total. The van der Waals surface area contributed by atoms with E-state index >= 15 is 0 Å². The standard InChI is InChI=1S/HI3.OP/c1-3-2;1-2/h3H;. The molecule has 0 N–H and O–H groups in total. The first-order valence-corrected chi connectivity index (χ1v) is 14.4. The summed E-state index contributed by atoms with van der Waals surface area (Å²) in [5.74, 6) is 0. The van der Waals surface area contributed by atoms with Crippen LogP contribution in [0.25, 0.3) is 0 Å². The van der Waals surface area contributed by atoms with Crippen LogP contribution in [0.3, 0.4) is 0 Å². The molecule has 33 valence electrons. The van der Waals surface area contributed by atoms with Crippen molar-refractivity contribution in [3.63, 3.8) is 0 Å². The second kappa shape index (κ2) is 16.3. The molecule has 0 aliphatic carbocycles. The molecular weight excluding hydrogens is 428 g/mol. The first-order chi connectivity index (χ1) is 2.41. The molecule has 0 unspecified atom stereocenters. The molecule has 0 bridgehead atoms. The van der Waals surface area contributed by atoms with Crippen LogP contribution < -0.4 is 0 Å². The van der Waals surface area contributed by atoms with E-state index in [1.165, 1.54) is 0 Å². The van der Waals surface area contributed by atoms with Crippen LogP contribution >= 0.6 is 59.6 Å². The van der Waals surface area contributed by atoms with Gasteiger partial charge in [-0.25, -0.2) is 0 Å². The molecular formula is HI3OP. The zero-order valence-corrected chi connectivity index (χ0v) is 9.56. The molecule has 0 aromatic rings. The molecule has 0 saturated carbocycles. The molecule has 0 aliphatic heterocycles. The van der Waals surface area contributed by atoms with Crippen molar-refractivity contribution in [1.82, 2.24) is 0 Å². The Hall–Kier alpha value is 2.29. The van der Waals surface area contributed by atoms with Crippen molar-refractivity contribution in [3.8, 4) is 0 Å². The molecule has 0 rings (SSSR count). The summed E-state index contributed by atoms with van der Waals surface area (Å²) in [5, 5.41) is 0. The first kappa shape index (κ1) is 10.3. The maximum absolute atomic E-state index is 7.94. The van der Waals surface area contributed by atoms with Crippen LogP contribution in [0.5, 0.6) is 0 Å². The summed E-state index contributed by atoms with van der Waals surface area (Å²) in [6.07, 6.45) is 0. The zero-order chi connectivity index (χ0) is 4.71. The minimum atomic E-state index is 0.410. The van der Waals surface area contributed by atoms with E-state index in [1.54, 1.807) is 0 Å². The Labute approximate surface area is 62.9 Å². The van der Waals surface area contributed by atoms with E-state index in [-0.39, 0.29) is 0 Å². The predicted octanol–water partition coefficient (Wildman–Crippen LogP) is 3.13. The van der Waals surface area contributed by atoms with Gasteiger partial charge in [-0.3, -0.25) is 4.57 Å². The van der Waals surface area contributed by atoms with Crippen LogP contribution in [0.2, 0.25) is 0 Å². The SMILES string of the molecule is I[IH]I.O=[P]. The van der Waals surface area contributed by atoms with E-state index in [2.05, 4.69) is 46.4 Å². The van der Waals surface area contributed by atoms with E-state index in [1.807, 2.05) is 0 Å². The van der Waals surface area contributed by atoms with Crippen molar-refractivity contribution in [2.75, 3.05) is 0 Å². The van der Waals surface area contributed by atoms with Crippen molar-refractivity contribution in [1.29, 1.82) is 0 Å². The summed E-state index contributed by atoms with van der Waals surface area (Å²) >= 11 is 5.22. The van der Waals surface area contributed by atoms with Gasteiger partial charge in [0.15, 0.2) is 0 Å². The maximum atomic E-state index is 7.94. The van der Waals surface area contributed by atoms with Gasteiger partial charge in [-0.15, -0.1) is 0 Å². The Morgan fingerprint density at radius 2 is 1.40 bits per heavy atom. The topological polar surface area (TPSA) is 17.1 Å². The van der Waals surface area contributed by atoms with Crippen molar-refractivity contribution >= 4 is 59.6 Å². The Morgan fingerprint density at radius 1 is 1.40 bits per heavy atom. The largest absolute Gasteiger partial charge is 0.261 e. The van der Waals surface area contributed by atoms with Crippen LogP contribution in [0.4, 0.5) is 0 Å². The van der Waals surface area contributed by atoms with E-state index in [9.17, 15) is 0 Å². The van der Waals surface area contributed by atoms with Crippen molar-refractivity contribution < 1.29 is 4.57 Å². The van der Waals surface area contributed by atoms with Gasteiger partial charge in [0.2, 0.25) is 0 Å². The fourth-order valence-electron chi connectivity index (χ4n) is 0. The molecule has 0 spiro atoms. The van der Waals surface area contributed by atoms with Crippen LogP contribution in [0.1, 0.15) is 0 Å². The molecule has 1 radical (unpaired) electrons. The van der Waals surface area contributed by atoms with Crippen LogP contribution in [-0.2, 0) is 4.57 Å². The van der Waals surface area contributed by atoms with Crippen LogP contribution in [0.15, 0.2) is 0 Å². The summed E-state index contributed by atoms with van der Waals surface area (Å²) in [6.45, 7) is 0. The quantitative estimate of drug-likeness (QED) is 0.428. The molecule has 0 saturated heterocycles. The third-order valence-electron chi connectivity index (χ3n) is 0. The summed E-state index contributed by atoms with van der Waals surface area (Å²) in [6, 6.07) is 0. The van der Waals surface area contributed by atoms with Gasteiger partial charge in [0.1, 0.15) is 0 Å². The summed E-state index contributed by atoms with van der Waals surface area (Å²) in [4.78, 5) is 0. The summed E-state index contributed by atoms with van der Waals surface area (Å²) < 4.78 is 7.94. The Bertz CT molecular complexity index is 10.9. The van der Waals surface area contributed by atoms with Crippen molar-refractivity contribution in [3.05, 3.63) is 0 Å². The number of hydrogen-bond acceptors (Lipinski definition) is 1. The number of halogens is 3. The van der Waals surface area contributed by atoms with Crippen LogP contribution in [-0.4, -0.2) is 0 Å². The maximum Gasteiger partial charge on any atom is 0.261 e. The average Bonchev–Trinajstić information content (AvgIpc) is 1.46. The van der Waals surface area contributed by atoms with Gasteiger partial charge in [0.25, 0.3) is 9.12 Å². The first-order valence-electron chi connectivity index (χ1n) is 0.491. The van der Waals surface area contributed by atoms with Gasteiger partial charge in [0.05, 0.1) is 0 Å². The minimum absolute atomic E-state index is 0.410. The Morgan fingerprint density at radius 3 is 1.40 bits per heavy atom. The normalized spacial score (nSPS) is 5.20. The van der Waals surface area contributed by atoms with Gasteiger partial charge in [-0.1, -0.05) is 0 Å². The molecule has 5 heavy (non-hydrogen) atoms. The predicted molar refractivity (Wildman–Crippen MR) is 51.1 cm³/mol. The average molecular weight is 429 g/mol. The van der Waals surface area contributed by atoms with E-state index in [0.29, 0.717) is 13.3 Å². The van der Waals surface area contributed by atoms with Crippen LogP contribution in [0, 0.1) is 0 Å². The fraction of sp³-hybridized carbons (Fsp3) is 0. The summed E-state index contributed by atoms with van der Waals surface area (Å²) in [7, 11) is 2.28. The molecule has 0 aliphatic rings.